The Morgan fingerprint density at radius 3 is 2.46 bits per heavy atom. The van der Waals surface area contributed by atoms with Gasteiger partial charge in [-0.2, -0.15) is 13.2 Å². The summed E-state index contributed by atoms with van der Waals surface area (Å²) in [6.45, 7) is -0.170. The van der Waals surface area contributed by atoms with E-state index >= 15 is 0 Å². The first kappa shape index (κ1) is 27.6. The van der Waals surface area contributed by atoms with Gasteiger partial charge in [-0.15, -0.1) is 0 Å². The lowest BCUT2D eigenvalue weighted by atomic mass is 10.1. The summed E-state index contributed by atoms with van der Waals surface area (Å²) in [5, 5.41) is 2.80. The average Bonchev–Trinajstić information content (AvgIpc) is 3.33. The highest BCUT2D eigenvalue weighted by atomic mass is 19.4. The summed E-state index contributed by atoms with van der Waals surface area (Å²) in [7, 11) is 0. The van der Waals surface area contributed by atoms with Crippen LogP contribution in [0.15, 0.2) is 83.8 Å². The lowest BCUT2D eigenvalue weighted by Gasteiger charge is -2.15. The standard InChI is InChI=1S/C30H27F3N6O2/c31-30(32,33)23-12-10-21(11-13-23)27-36-17-22(8-4-7-19-5-2-1-3-6-19)28(41)39(27)18-26(40)35-16-20-9-14-24-25(15-20)38-29(34)37-24/h1-3,5-6,9-15,17H,4,7-8,16,18H2,(H,35,40)(H3,34,37,38). The van der Waals surface area contributed by atoms with Crippen LogP contribution in [0.3, 0.4) is 0 Å². The van der Waals surface area contributed by atoms with Crippen LogP contribution in [0.4, 0.5) is 19.1 Å². The van der Waals surface area contributed by atoms with E-state index in [2.05, 4.69) is 20.3 Å². The Balaban J connectivity index is 1.37. The van der Waals surface area contributed by atoms with Crippen molar-refractivity contribution in [2.75, 3.05) is 5.73 Å². The van der Waals surface area contributed by atoms with Crippen molar-refractivity contribution in [2.24, 2.45) is 0 Å². The number of benzene rings is 3. The molecule has 2 aromatic heterocycles. The Bertz CT molecular complexity index is 1730. The second-order valence-corrected chi connectivity index (χ2v) is 9.66. The molecule has 0 spiro atoms. The first-order valence-corrected chi connectivity index (χ1v) is 13.0. The fourth-order valence-electron chi connectivity index (χ4n) is 4.60. The van der Waals surface area contributed by atoms with E-state index in [0.717, 1.165) is 35.2 Å². The van der Waals surface area contributed by atoms with Crippen LogP contribution in [-0.4, -0.2) is 25.4 Å². The molecule has 1 amide bonds. The van der Waals surface area contributed by atoms with Crippen molar-refractivity contribution in [2.45, 2.75) is 38.5 Å². The van der Waals surface area contributed by atoms with Gasteiger partial charge in [0.1, 0.15) is 12.4 Å². The number of nitrogens with two attached hydrogens (primary N) is 1. The number of rotatable bonds is 9. The number of nitrogens with zero attached hydrogens (tertiary/aromatic N) is 3. The minimum Gasteiger partial charge on any atom is -0.369 e. The first-order chi connectivity index (χ1) is 19.7. The lowest BCUT2D eigenvalue weighted by molar-refractivity contribution is -0.137. The number of aryl methyl sites for hydroxylation is 2. The van der Waals surface area contributed by atoms with E-state index in [0.29, 0.717) is 29.5 Å². The van der Waals surface area contributed by atoms with Gasteiger partial charge in [0.25, 0.3) is 5.56 Å². The zero-order valence-corrected chi connectivity index (χ0v) is 21.9. The Morgan fingerprint density at radius 2 is 1.73 bits per heavy atom. The molecule has 5 aromatic rings. The van der Waals surface area contributed by atoms with Gasteiger partial charge in [0.15, 0.2) is 5.95 Å². The van der Waals surface area contributed by atoms with E-state index in [1.165, 1.54) is 22.9 Å². The van der Waals surface area contributed by atoms with Crippen molar-refractivity contribution >= 4 is 22.9 Å². The number of carbonyl (C=O) groups is 1. The minimum absolute atomic E-state index is 0.111. The third kappa shape index (κ3) is 6.63. The second-order valence-electron chi connectivity index (χ2n) is 9.66. The molecule has 0 radical (unpaired) electrons. The van der Waals surface area contributed by atoms with Crippen molar-refractivity contribution in [1.82, 2.24) is 24.8 Å². The number of alkyl halides is 3. The molecule has 0 bridgehead atoms. The normalized spacial score (nSPS) is 11.6. The predicted molar refractivity (Wildman–Crippen MR) is 150 cm³/mol. The highest BCUT2D eigenvalue weighted by Gasteiger charge is 2.30. The van der Waals surface area contributed by atoms with Crippen molar-refractivity contribution in [1.29, 1.82) is 0 Å². The lowest BCUT2D eigenvalue weighted by Crippen LogP contribution is -2.34. The van der Waals surface area contributed by atoms with Gasteiger partial charge >= 0.3 is 6.18 Å². The number of hydrogen-bond donors (Lipinski definition) is 3. The zero-order chi connectivity index (χ0) is 29.0. The summed E-state index contributed by atoms with van der Waals surface area (Å²) in [4.78, 5) is 38.0. The molecule has 4 N–H and O–H groups in total. The number of imidazole rings is 1. The van der Waals surface area contributed by atoms with Gasteiger partial charge in [0, 0.05) is 23.9 Å². The summed E-state index contributed by atoms with van der Waals surface area (Å²) in [6.07, 6.45) is -1.18. The molecule has 0 aliphatic carbocycles. The third-order valence-corrected chi connectivity index (χ3v) is 6.70. The van der Waals surface area contributed by atoms with E-state index in [9.17, 15) is 22.8 Å². The Morgan fingerprint density at radius 1 is 0.976 bits per heavy atom. The number of carbonyl (C=O) groups excluding carboxylic acids is 1. The molecule has 2 heterocycles. The maximum atomic E-state index is 13.5. The number of halogens is 3. The highest BCUT2D eigenvalue weighted by molar-refractivity contribution is 5.79. The molecule has 0 saturated heterocycles. The summed E-state index contributed by atoms with van der Waals surface area (Å²) in [6, 6.07) is 19.6. The number of nitrogen functional groups attached to an aromatic ring is 1. The van der Waals surface area contributed by atoms with Crippen LogP contribution in [0.2, 0.25) is 0 Å². The Labute approximate surface area is 233 Å². The average molecular weight is 561 g/mol. The second kappa shape index (κ2) is 11.7. The molecule has 0 saturated carbocycles. The topological polar surface area (TPSA) is 119 Å². The number of aromatic amines is 1. The van der Waals surface area contributed by atoms with E-state index in [4.69, 9.17) is 5.73 Å². The summed E-state index contributed by atoms with van der Waals surface area (Å²) in [5.74, 6) is -0.0553. The molecule has 0 aliphatic rings. The molecule has 11 heteroatoms. The van der Waals surface area contributed by atoms with Crippen molar-refractivity contribution < 1.29 is 18.0 Å². The smallest absolute Gasteiger partial charge is 0.369 e. The van der Waals surface area contributed by atoms with Gasteiger partial charge in [-0.05, 0) is 54.7 Å². The number of aromatic nitrogens is 4. The maximum Gasteiger partial charge on any atom is 0.416 e. The molecular formula is C30H27F3N6O2. The minimum atomic E-state index is -4.50. The molecule has 0 aliphatic heterocycles. The highest BCUT2D eigenvalue weighted by Crippen LogP contribution is 2.30. The Kier molecular flexibility index (Phi) is 7.86. The fourth-order valence-corrected chi connectivity index (χ4v) is 4.60. The van der Waals surface area contributed by atoms with Crippen LogP contribution in [0.5, 0.6) is 0 Å². The number of H-pyrrole nitrogens is 1. The summed E-state index contributed by atoms with van der Waals surface area (Å²) < 4.78 is 40.5. The SMILES string of the molecule is Nc1nc2ccc(CNC(=O)Cn3c(-c4ccc(C(F)(F)F)cc4)ncc(CCCc4ccccc4)c3=O)cc2[nH]1. The zero-order valence-electron chi connectivity index (χ0n) is 21.9. The fraction of sp³-hybridized carbons (Fsp3) is 0.200. The number of anilines is 1. The van der Waals surface area contributed by atoms with Crippen LogP contribution in [0.25, 0.3) is 22.4 Å². The summed E-state index contributed by atoms with van der Waals surface area (Å²) in [5.41, 5.74) is 8.53. The quantitative estimate of drug-likeness (QED) is 0.238. The maximum absolute atomic E-state index is 13.5. The van der Waals surface area contributed by atoms with E-state index in [-0.39, 0.29) is 24.9 Å². The molecule has 8 nitrogen and oxygen atoms in total. The van der Waals surface area contributed by atoms with Crippen molar-refractivity contribution in [3.8, 4) is 11.4 Å². The monoisotopic (exact) mass is 560 g/mol. The van der Waals surface area contributed by atoms with Crippen LogP contribution in [0.1, 0.15) is 28.7 Å². The van der Waals surface area contributed by atoms with Gasteiger partial charge in [-0.25, -0.2) is 9.97 Å². The van der Waals surface area contributed by atoms with Crippen LogP contribution < -0.4 is 16.6 Å². The number of nitrogens with one attached hydrogen (secondary N) is 2. The van der Waals surface area contributed by atoms with E-state index in [1.807, 2.05) is 36.4 Å². The third-order valence-electron chi connectivity index (χ3n) is 6.70. The van der Waals surface area contributed by atoms with E-state index < -0.39 is 23.2 Å². The Hall–Kier alpha value is -4.93. The molecule has 0 atom stereocenters. The van der Waals surface area contributed by atoms with E-state index in [1.54, 1.807) is 12.1 Å². The summed E-state index contributed by atoms with van der Waals surface area (Å²) >= 11 is 0. The van der Waals surface area contributed by atoms with Crippen LogP contribution >= 0.6 is 0 Å². The largest absolute Gasteiger partial charge is 0.416 e. The van der Waals surface area contributed by atoms with Crippen molar-refractivity contribution in [3.05, 3.63) is 112 Å². The van der Waals surface area contributed by atoms with Crippen LogP contribution in [0, 0.1) is 0 Å². The molecule has 3 aromatic carbocycles. The molecule has 41 heavy (non-hydrogen) atoms. The van der Waals surface area contributed by atoms with Gasteiger partial charge in [-0.1, -0.05) is 48.5 Å². The molecule has 0 unspecified atom stereocenters. The first-order valence-electron chi connectivity index (χ1n) is 13.0. The predicted octanol–water partition coefficient (Wildman–Crippen LogP) is 4.88. The number of amides is 1. The van der Waals surface area contributed by atoms with Crippen molar-refractivity contribution in [3.63, 3.8) is 0 Å². The molecular weight excluding hydrogens is 533 g/mol. The number of fused-ring (bicyclic) bond motifs is 1. The molecule has 5 rings (SSSR count). The van der Waals surface area contributed by atoms with Crippen LogP contribution in [-0.2, 0) is 36.9 Å². The molecule has 210 valence electrons. The van der Waals surface area contributed by atoms with Gasteiger partial charge in [-0.3, -0.25) is 14.2 Å². The van der Waals surface area contributed by atoms with Gasteiger partial charge in [0.05, 0.1) is 16.6 Å². The van der Waals surface area contributed by atoms with Gasteiger partial charge < -0.3 is 16.0 Å². The molecule has 0 fully saturated rings. The number of hydrogen-bond acceptors (Lipinski definition) is 5. The van der Waals surface area contributed by atoms with Gasteiger partial charge in [0.2, 0.25) is 5.91 Å².